The van der Waals surface area contributed by atoms with E-state index in [1.54, 1.807) is 57.2 Å². The SMILES string of the molecule is CC1(C)[C@@H](C(=O)NC(Cc2ccc3nc(-c4c(Cl)cccc4Cl)ccc3c2)C(=O)O)CC[C@@]1(C)C(=O)O. The number of carbonyl (C=O) groups is 3. The molecule has 7 nitrogen and oxygen atoms in total. The maximum absolute atomic E-state index is 13.1. The quantitative estimate of drug-likeness (QED) is 0.344. The van der Waals surface area contributed by atoms with E-state index < -0.39 is 40.6 Å². The number of carboxylic acids is 2. The first-order chi connectivity index (χ1) is 17.3. The summed E-state index contributed by atoms with van der Waals surface area (Å²) in [7, 11) is 0. The van der Waals surface area contributed by atoms with Crippen LogP contribution in [0.1, 0.15) is 39.2 Å². The number of nitrogens with one attached hydrogen (secondary N) is 1. The topological polar surface area (TPSA) is 117 Å². The minimum atomic E-state index is -1.16. The summed E-state index contributed by atoms with van der Waals surface area (Å²) in [6.45, 7) is 5.16. The fourth-order valence-corrected chi connectivity index (χ4v) is 5.82. The van der Waals surface area contributed by atoms with Gasteiger partial charge in [0.15, 0.2) is 0 Å². The number of benzene rings is 2. The van der Waals surface area contributed by atoms with Crippen LogP contribution < -0.4 is 5.32 Å². The molecule has 1 aliphatic carbocycles. The second-order valence-corrected chi connectivity index (χ2v) is 11.2. The van der Waals surface area contributed by atoms with E-state index in [1.165, 1.54) is 0 Å². The van der Waals surface area contributed by atoms with Crippen molar-refractivity contribution in [3.05, 3.63) is 64.1 Å². The summed E-state index contributed by atoms with van der Waals surface area (Å²) in [5.74, 6) is -3.16. The van der Waals surface area contributed by atoms with Gasteiger partial charge < -0.3 is 15.5 Å². The molecule has 1 amide bonds. The number of halogens is 2. The van der Waals surface area contributed by atoms with Gasteiger partial charge in [0.05, 0.1) is 26.7 Å². The average molecular weight is 543 g/mol. The molecule has 1 saturated carbocycles. The fraction of sp³-hybridized carbons (Fsp3) is 0.357. The van der Waals surface area contributed by atoms with Gasteiger partial charge in [0.25, 0.3) is 0 Å². The predicted molar refractivity (Wildman–Crippen MR) is 143 cm³/mol. The Hall–Kier alpha value is -3.16. The molecule has 0 aliphatic heterocycles. The van der Waals surface area contributed by atoms with Crippen LogP contribution >= 0.6 is 23.2 Å². The number of hydrogen-bond donors (Lipinski definition) is 3. The van der Waals surface area contributed by atoms with Crippen molar-refractivity contribution in [1.82, 2.24) is 10.3 Å². The van der Waals surface area contributed by atoms with Gasteiger partial charge in [0.2, 0.25) is 5.91 Å². The predicted octanol–water partition coefficient (Wildman–Crippen LogP) is 5.85. The number of carboxylic acid groups (broad SMARTS) is 2. The monoisotopic (exact) mass is 542 g/mol. The number of hydrogen-bond acceptors (Lipinski definition) is 4. The number of rotatable bonds is 7. The second kappa shape index (κ2) is 9.95. The Morgan fingerprint density at radius 2 is 1.73 bits per heavy atom. The van der Waals surface area contributed by atoms with Crippen molar-refractivity contribution in [3.63, 3.8) is 0 Å². The molecule has 3 N–H and O–H groups in total. The molecule has 0 bridgehead atoms. The van der Waals surface area contributed by atoms with Crippen LogP contribution in [-0.2, 0) is 20.8 Å². The lowest BCUT2D eigenvalue weighted by Gasteiger charge is -2.38. The van der Waals surface area contributed by atoms with Crippen LogP contribution in [0.15, 0.2) is 48.5 Å². The van der Waals surface area contributed by atoms with Crippen molar-refractivity contribution >= 4 is 52.0 Å². The van der Waals surface area contributed by atoms with Crippen molar-refractivity contribution in [2.45, 2.75) is 46.1 Å². The molecule has 1 aliphatic rings. The Kier molecular flexibility index (Phi) is 7.23. The van der Waals surface area contributed by atoms with Crippen LogP contribution in [0.4, 0.5) is 0 Å². The molecular weight excluding hydrogens is 515 g/mol. The number of nitrogens with zero attached hydrogens (tertiary/aromatic N) is 1. The summed E-state index contributed by atoms with van der Waals surface area (Å²) in [4.78, 5) is 41.7. The smallest absolute Gasteiger partial charge is 0.326 e. The first-order valence-corrected chi connectivity index (χ1v) is 12.7. The van der Waals surface area contributed by atoms with E-state index in [4.69, 9.17) is 23.2 Å². The normalized spacial score (nSPS) is 21.5. The number of pyridine rings is 1. The van der Waals surface area contributed by atoms with Gasteiger partial charge in [0, 0.05) is 23.3 Å². The lowest BCUT2D eigenvalue weighted by molar-refractivity contribution is -0.155. The first kappa shape index (κ1) is 26.9. The molecule has 1 aromatic heterocycles. The number of fused-ring (bicyclic) bond motifs is 1. The molecule has 37 heavy (non-hydrogen) atoms. The number of amides is 1. The third-order valence-corrected chi connectivity index (χ3v) is 8.67. The highest BCUT2D eigenvalue weighted by atomic mass is 35.5. The van der Waals surface area contributed by atoms with Gasteiger partial charge in [-0.15, -0.1) is 0 Å². The van der Waals surface area contributed by atoms with E-state index in [0.717, 1.165) is 5.39 Å². The van der Waals surface area contributed by atoms with E-state index in [2.05, 4.69) is 10.3 Å². The first-order valence-electron chi connectivity index (χ1n) is 12.0. The van der Waals surface area contributed by atoms with Crippen LogP contribution in [0.2, 0.25) is 10.0 Å². The molecule has 3 aromatic rings. The van der Waals surface area contributed by atoms with Crippen LogP contribution in [0.5, 0.6) is 0 Å². The number of aromatic nitrogens is 1. The van der Waals surface area contributed by atoms with Crippen LogP contribution in [0, 0.1) is 16.7 Å². The van der Waals surface area contributed by atoms with E-state index in [9.17, 15) is 24.6 Å². The van der Waals surface area contributed by atoms with Gasteiger partial charge >= 0.3 is 11.9 Å². The third-order valence-electron chi connectivity index (χ3n) is 8.04. The zero-order chi connectivity index (χ0) is 27.1. The maximum atomic E-state index is 13.1. The molecule has 9 heteroatoms. The van der Waals surface area contributed by atoms with E-state index in [1.807, 2.05) is 12.1 Å². The molecule has 194 valence electrons. The molecule has 3 atom stereocenters. The van der Waals surface area contributed by atoms with Gasteiger partial charge in [-0.05, 0) is 61.1 Å². The molecule has 1 heterocycles. The van der Waals surface area contributed by atoms with E-state index in [-0.39, 0.29) is 6.42 Å². The zero-order valence-corrected chi connectivity index (χ0v) is 22.2. The van der Waals surface area contributed by atoms with Crippen LogP contribution in [0.3, 0.4) is 0 Å². The lowest BCUT2D eigenvalue weighted by atomic mass is 9.65. The highest BCUT2D eigenvalue weighted by Gasteiger charge is 2.58. The Morgan fingerprint density at radius 3 is 2.32 bits per heavy atom. The summed E-state index contributed by atoms with van der Waals surface area (Å²) in [5, 5.41) is 24.0. The van der Waals surface area contributed by atoms with Gasteiger partial charge in [-0.3, -0.25) is 9.59 Å². The molecule has 0 saturated heterocycles. The van der Waals surface area contributed by atoms with Crippen molar-refractivity contribution in [2.24, 2.45) is 16.7 Å². The molecule has 0 spiro atoms. The number of carbonyl (C=O) groups excluding carboxylic acids is 1. The highest BCUT2D eigenvalue weighted by molar-refractivity contribution is 6.39. The summed E-state index contributed by atoms with van der Waals surface area (Å²) in [6, 6.07) is 13.2. The Morgan fingerprint density at radius 1 is 1.05 bits per heavy atom. The molecule has 2 aromatic carbocycles. The Balaban J connectivity index is 1.54. The minimum absolute atomic E-state index is 0.0679. The van der Waals surface area contributed by atoms with Crippen molar-refractivity contribution in [3.8, 4) is 11.3 Å². The van der Waals surface area contributed by atoms with Gasteiger partial charge in [0.1, 0.15) is 6.04 Å². The number of aliphatic carboxylic acids is 2. The molecule has 1 unspecified atom stereocenters. The minimum Gasteiger partial charge on any atom is -0.481 e. The van der Waals surface area contributed by atoms with Crippen molar-refractivity contribution in [1.29, 1.82) is 0 Å². The summed E-state index contributed by atoms with van der Waals surface area (Å²) >= 11 is 12.6. The van der Waals surface area contributed by atoms with E-state index in [0.29, 0.717) is 45.2 Å². The molecule has 1 fully saturated rings. The summed E-state index contributed by atoms with van der Waals surface area (Å²) < 4.78 is 0. The summed E-state index contributed by atoms with van der Waals surface area (Å²) in [6.07, 6.45) is 0.802. The van der Waals surface area contributed by atoms with Crippen molar-refractivity contribution in [2.75, 3.05) is 0 Å². The third kappa shape index (κ3) is 4.90. The van der Waals surface area contributed by atoms with Crippen LogP contribution in [-0.4, -0.2) is 39.1 Å². The van der Waals surface area contributed by atoms with Gasteiger partial charge in [-0.25, -0.2) is 9.78 Å². The highest BCUT2D eigenvalue weighted by Crippen LogP contribution is 2.56. The van der Waals surface area contributed by atoms with Crippen molar-refractivity contribution < 1.29 is 24.6 Å². The second-order valence-electron chi connectivity index (χ2n) is 10.4. The lowest BCUT2D eigenvalue weighted by Crippen LogP contribution is -2.49. The molecule has 0 radical (unpaired) electrons. The molecule has 4 rings (SSSR count). The maximum Gasteiger partial charge on any atom is 0.326 e. The standard InChI is InChI=1S/C28H28Cl2N2O5/c1-27(2)17(11-12-28(27,3)26(36)37)24(33)32-22(25(34)35)14-15-7-9-20-16(13-15)8-10-21(31-20)23-18(29)5-4-6-19(23)30/h4-10,13,17,22H,11-12,14H2,1-3H3,(H,32,33)(H,34,35)(H,36,37)/t17-,22?,28+/m1/s1. The van der Waals surface area contributed by atoms with Gasteiger partial charge in [-0.2, -0.15) is 0 Å². The fourth-order valence-electron chi connectivity index (χ4n) is 5.23. The Labute approximate surface area is 224 Å². The zero-order valence-electron chi connectivity index (χ0n) is 20.7. The largest absolute Gasteiger partial charge is 0.481 e. The summed E-state index contributed by atoms with van der Waals surface area (Å²) in [5.41, 5.74) is 0.772. The Bertz CT molecular complexity index is 1390. The van der Waals surface area contributed by atoms with Crippen LogP contribution in [0.25, 0.3) is 22.2 Å². The van der Waals surface area contributed by atoms with Gasteiger partial charge in [-0.1, -0.05) is 55.2 Å². The average Bonchev–Trinajstić information content (AvgIpc) is 3.08. The molecular formula is C28H28Cl2N2O5. The van der Waals surface area contributed by atoms with E-state index >= 15 is 0 Å².